The molecule has 0 saturated heterocycles. The van der Waals surface area contributed by atoms with Crippen LogP contribution < -0.4 is 10.6 Å². The van der Waals surface area contributed by atoms with E-state index in [4.69, 9.17) is 0 Å². The average molecular weight is 226 g/mol. The molecule has 3 nitrogen and oxygen atoms in total. The quantitative estimate of drug-likeness (QED) is 0.726. The van der Waals surface area contributed by atoms with Gasteiger partial charge in [0.15, 0.2) is 0 Å². The molecule has 0 spiro atoms. The summed E-state index contributed by atoms with van der Waals surface area (Å²) in [5.41, 5.74) is 0. The van der Waals surface area contributed by atoms with Crippen molar-refractivity contribution in [2.75, 3.05) is 13.1 Å². The molecule has 2 N–H and O–H groups in total. The Morgan fingerprint density at radius 2 is 1.88 bits per heavy atom. The van der Waals surface area contributed by atoms with Crippen molar-refractivity contribution in [3.05, 3.63) is 0 Å². The van der Waals surface area contributed by atoms with Gasteiger partial charge in [-0.15, -0.1) is 0 Å². The van der Waals surface area contributed by atoms with Gasteiger partial charge >= 0.3 is 0 Å². The maximum Gasteiger partial charge on any atom is 0.233 e. The second kappa shape index (κ2) is 6.89. The van der Waals surface area contributed by atoms with Crippen LogP contribution in [0.25, 0.3) is 0 Å². The van der Waals surface area contributed by atoms with Crippen molar-refractivity contribution in [3.8, 4) is 0 Å². The Labute approximate surface area is 99.4 Å². The molecular formula is C13H26N2O. The van der Waals surface area contributed by atoms with Crippen LogP contribution in [0.15, 0.2) is 0 Å². The first kappa shape index (κ1) is 13.5. The van der Waals surface area contributed by atoms with Gasteiger partial charge in [0.2, 0.25) is 5.91 Å². The van der Waals surface area contributed by atoms with Gasteiger partial charge < -0.3 is 10.6 Å². The molecule has 0 radical (unpaired) electrons. The Morgan fingerprint density at radius 1 is 1.25 bits per heavy atom. The van der Waals surface area contributed by atoms with E-state index < -0.39 is 0 Å². The van der Waals surface area contributed by atoms with Gasteiger partial charge in [-0.2, -0.15) is 0 Å². The monoisotopic (exact) mass is 226 g/mol. The van der Waals surface area contributed by atoms with Crippen LogP contribution in [0.1, 0.15) is 46.5 Å². The molecule has 1 atom stereocenters. The van der Waals surface area contributed by atoms with E-state index >= 15 is 0 Å². The standard InChI is InChI=1S/C13H26N2O/c1-10(2)8-15-13(16)9-14-11(3)12-6-4-5-7-12/h10-12,14H,4-9H2,1-3H3,(H,15,16). The minimum Gasteiger partial charge on any atom is -0.355 e. The third-order valence-corrected chi connectivity index (χ3v) is 3.40. The van der Waals surface area contributed by atoms with Crippen molar-refractivity contribution in [1.82, 2.24) is 10.6 Å². The fourth-order valence-corrected chi connectivity index (χ4v) is 2.26. The highest BCUT2D eigenvalue weighted by Gasteiger charge is 2.21. The molecule has 0 aromatic rings. The topological polar surface area (TPSA) is 41.1 Å². The molecule has 0 aliphatic heterocycles. The number of carbonyl (C=O) groups is 1. The lowest BCUT2D eigenvalue weighted by Gasteiger charge is -2.20. The first-order chi connectivity index (χ1) is 7.59. The molecule has 1 aliphatic rings. The Morgan fingerprint density at radius 3 is 2.44 bits per heavy atom. The molecule has 3 heteroatoms. The van der Waals surface area contributed by atoms with Crippen LogP contribution in [0.5, 0.6) is 0 Å². The lowest BCUT2D eigenvalue weighted by atomic mass is 10.00. The summed E-state index contributed by atoms with van der Waals surface area (Å²) in [5.74, 6) is 1.42. The number of nitrogens with one attached hydrogen (secondary N) is 2. The van der Waals surface area contributed by atoms with Crippen molar-refractivity contribution >= 4 is 5.91 Å². The number of hydrogen-bond donors (Lipinski definition) is 2. The number of rotatable bonds is 6. The smallest absolute Gasteiger partial charge is 0.233 e. The van der Waals surface area contributed by atoms with Crippen molar-refractivity contribution < 1.29 is 4.79 Å². The Bertz CT molecular complexity index is 210. The molecule has 1 saturated carbocycles. The van der Waals surface area contributed by atoms with Crippen molar-refractivity contribution in [1.29, 1.82) is 0 Å². The van der Waals surface area contributed by atoms with Gasteiger partial charge in [0.1, 0.15) is 0 Å². The van der Waals surface area contributed by atoms with E-state index in [0.29, 0.717) is 18.5 Å². The maximum absolute atomic E-state index is 11.5. The zero-order valence-electron chi connectivity index (χ0n) is 10.9. The number of amides is 1. The molecule has 0 aromatic carbocycles. The Balaban J connectivity index is 2.10. The van der Waals surface area contributed by atoms with E-state index in [-0.39, 0.29) is 5.91 Å². The highest BCUT2D eigenvalue weighted by Crippen LogP contribution is 2.27. The molecule has 0 aromatic heterocycles. The first-order valence-corrected chi connectivity index (χ1v) is 6.59. The second-order valence-corrected chi connectivity index (χ2v) is 5.41. The van der Waals surface area contributed by atoms with E-state index in [2.05, 4.69) is 31.4 Å². The van der Waals surface area contributed by atoms with E-state index in [0.717, 1.165) is 12.5 Å². The predicted molar refractivity (Wildman–Crippen MR) is 67.3 cm³/mol. The largest absolute Gasteiger partial charge is 0.355 e. The van der Waals surface area contributed by atoms with Gasteiger partial charge in [-0.1, -0.05) is 26.7 Å². The summed E-state index contributed by atoms with van der Waals surface area (Å²) in [6.45, 7) is 7.65. The summed E-state index contributed by atoms with van der Waals surface area (Å²) in [7, 11) is 0. The third kappa shape index (κ3) is 4.97. The van der Waals surface area contributed by atoms with E-state index in [1.54, 1.807) is 0 Å². The summed E-state index contributed by atoms with van der Waals surface area (Å²) in [6.07, 6.45) is 5.36. The zero-order chi connectivity index (χ0) is 12.0. The first-order valence-electron chi connectivity index (χ1n) is 6.59. The summed E-state index contributed by atoms with van der Waals surface area (Å²) in [5, 5.41) is 6.26. The summed E-state index contributed by atoms with van der Waals surface area (Å²) < 4.78 is 0. The predicted octanol–water partition coefficient (Wildman–Crippen LogP) is 1.93. The van der Waals surface area contributed by atoms with Crippen LogP contribution in [0.4, 0.5) is 0 Å². The van der Waals surface area contributed by atoms with Gasteiger partial charge in [-0.25, -0.2) is 0 Å². The maximum atomic E-state index is 11.5. The molecule has 1 amide bonds. The number of carbonyl (C=O) groups excluding carboxylic acids is 1. The Hall–Kier alpha value is -0.570. The Kier molecular flexibility index (Phi) is 5.81. The summed E-state index contributed by atoms with van der Waals surface area (Å²) in [4.78, 5) is 11.5. The lowest BCUT2D eigenvalue weighted by molar-refractivity contribution is -0.120. The van der Waals surface area contributed by atoms with Crippen molar-refractivity contribution in [2.24, 2.45) is 11.8 Å². The summed E-state index contributed by atoms with van der Waals surface area (Å²) >= 11 is 0. The third-order valence-electron chi connectivity index (χ3n) is 3.40. The second-order valence-electron chi connectivity index (χ2n) is 5.41. The highest BCUT2D eigenvalue weighted by molar-refractivity contribution is 5.77. The molecule has 1 unspecified atom stereocenters. The van der Waals surface area contributed by atoms with Crippen LogP contribution in [0.3, 0.4) is 0 Å². The fraction of sp³-hybridized carbons (Fsp3) is 0.923. The molecule has 0 bridgehead atoms. The molecule has 1 aliphatic carbocycles. The van der Waals surface area contributed by atoms with E-state index in [1.807, 2.05) is 0 Å². The zero-order valence-corrected chi connectivity index (χ0v) is 10.9. The van der Waals surface area contributed by atoms with Crippen LogP contribution in [-0.2, 0) is 4.79 Å². The average Bonchev–Trinajstić information content (AvgIpc) is 2.76. The van der Waals surface area contributed by atoms with Gasteiger partial charge in [0, 0.05) is 12.6 Å². The van der Waals surface area contributed by atoms with Crippen molar-refractivity contribution in [3.63, 3.8) is 0 Å². The lowest BCUT2D eigenvalue weighted by Crippen LogP contribution is -2.41. The van der Waals surface area contributed by atoms with E-state index in [1.165, 1.54) is 25.7 Å². The van der Waals surface area contributed by atoms with Gasteiger partial charge in [0.05, 0.1) is 6.54 Å². The number of hydrogen-bond acceptors (Lipinski definition) is 2. The normalized spacial score (nSPS) is 19.0. The van der Waals surface area contributed by atoms with Gasteiger partial charge in [-0.3, -0.25) is 4.79 Å². The molecular weight excluding hydrogens is 200 g/mol. The van der Waals surface area contributed by atoms with Crippen LogP contribution >= 0.6 is 0 Å². The molecule has 1 rings (SSSR count). The SMILES string of the molecule is CC(C)CNC(=O)CNC(C)C1CCCC1. The van der Waals surface area contributed by atoms with Crippen LogP contribution in [0, 0.1) is 11.8 Å². The van der Waals surface area contributed by atoms with Crippen molar-refractivity contribution in [2.45, 2.75) is 52.5 Å². The molecule has 16 heavy (non-hydrogen) atoms. The van der Waals surface area contributed by atoms with Gasteiger partial charge in [0.25, 0.3) is 0 Å². The van der Waals surface area contributed by atoms with Gasteiger partial charge in [-0.05, 0) is 31.6 Å². The van der Waals surface area contributed by atoms with Crippen LogP contribution in [-0.4, -0.2) is 25.0 Å². The molecule has 0 heterocycles. The summed E-state index contributed by atoms with van der Waals surface area (Å²) in [6, 6.07) is 0.479. The van der Waals surface area contributed by atoms with E-state index in [9.17, 15) is 4.79 Å². The molecule has 94 valence electrons. The fourth-order valence-electron chi connectivity index (χ4n) is 2.26. The highest BCUT2D eigenvalue weighted by atomic mass is 16.1. The van der Waals surface area contributed by atoms with Crippen LogP contribution in [0.2, 0.25) is 0 Å². The minimum absolute atomic E-state index is 0.124. The molecule has 1 fully saturated rings. The minimum atomic E-state index is 0.124.